The summed E-state index contributed by atoms with van der Waals surface area (Å²) >= 11 is 6.36. The van der Waals surface area contributed by atoms with Crippen LogP contribution in [0.3, 0.4) is 0 Å². The Balaban J connectivity index is 1.69. The second-order valence-electron chi connectivity index (χ2n) is 8.44. The van der Waals surface area contributed by atoms with Crippen LogP contribution >= 0.6 is 11.6 Å². The second-order valence-corrected chi connectivity index (χ2v) is 8.85. The van der Waals surface area contributed by atoms with Gasteiger partial charge in [0.25, 0.3) is 5.91 Å². The Kier molecular flexibility index (Phi) is 6.56. The molecule has 7 nitrogen and oxygen atoms in total. The lowest BCUT2D eigenvalue weighted by Crippen LogP contribution is -2.35. The zero-order chi connectivity index (χ0) is 23.7. The van der Waals surface area contributed by atoms with Crippen LogP contribution in [0.1, 0.15) is 47.4 Å². The minimum Gasteiger partial charge on any atom is -0.485 e. The number of aromatic nitrogens is 3. The zero-order valence-corrected chi connectivity index (χ0v) is 19.6. The molecule has 1 aliphatic carbocycles. The van der Waals surface area contributed by atoms with E-state index in [4.69, 9.17) is 16.3 Å². The van der Waals surface area contributed by atoms with E-state index in [0.29, 0.717) is 27.7 Å². The van der Waals surface area contributed by atoms with Crippen molar-refractivity contribution in [3.8, 4) is 16.9 Å². The third-order valence-corrected chi connectivity index (χ3v) is 6.69. The molecule has 1 amide bonds. The molecule has 0 unspecified atom stereocenters. The molecule has 1 N–H and O–H groups in total. The normalized spacial score (nSPS) is 14.0. The van der Waals surface area contributed by atoms with Crippen LogP contribution in [0.4, 0.5) is 4.39 Å². The lowest BCUT2D eigenvalue weighted by Gasteiger charge is -2.24. The van der Waals surface area contributed by atoms with E-state index >= 15 is 0 Å². The summed E-state index contributed by atoms with van der Waals surface area (Å²) in [5.41, 5.74) is 1.43. The fraction of sp³-hybridized carbons (Fsp3) is 0.375. The number of halogens is 2. The Hall–Kier alpha value is -3.13. The number of carbonyl (C=O) groups excluding carboxylic acids is 1. The first kappa shape index (κ1) is 23.0. The molecule has 9 heteroatoms. The third kappa shape index (κ3) is 4.66. The minimum absolute atomic E-state index is 0.00598. The van der Waals surface area contributed by atoms with E-state index in [1.807, 2.05) is 6.92 Å². The predicted molar refractivity (Wildman–Crippen MR) is 124 cm³/mol. The summed E-state index contributed by atoms with van der Waals surface area (Å²) in [7, 11) is 3.38. The average Bonchev–Trinajstić information content (AvgIpc) is 3.45. The number of rotatable bonds is 6. The van der Waals surface area contributed by atoms with Gasteiger partial charge in [0.2, 0.25) is 0 Å². The number of aromatic amines is 1. The van der Waals surface area contributed by atoms with Crippen molar-refractivity contribution in [1.29, 1.82) is 0 Å². The van der Waals surface area contributed by atoms with Gasteiger partial charge in [0, 0.05) is 41.9 Å². The molecule has 1 aromatic heterocycles. The summed E-state index contributed by atoms with van der Waals surface area (Å²) in [6.45, 7) is 1.81. The Morgan fingerprint density at radius 3 is 2.67 bits per heavy atom. The lowest BCUT2D eigenvalue weighted by atomic mass is 9.99. The number of ether oxygens (including phenoxy) is 1. The van der Waals surface area contributed by atoms with Crippen LogP contribution in [0.5, 0.6) is 5.75 Å². The number of nitrogens with one attached hydrogen (secondary N) is 1. The molecule has 0 radical (unpaired) electrons. The molecular weight excluding hydrogens is 447 g/mol. The minimum atomic E-state index is -0.494. The predicted octanol–water partition coefficient (Wildman–Crippen LogP) is 4.47. The molecule has 1 aliphatic rings. The van der Waals surface area contributed by atoms with E-state index in [1.54, 1.807) is 37.2 Å². The molecule has 3 aromatic rings. The molecule has 0 atom stereocenters. The number of H-pyrrole nitrogens is 1. The van der Waals surface area contributed by atoms with Crippen molar-refractivity contribution in [2.45, 2.75) is 45.3 Å². The van der Waals surface area contributed by atoms with Crippen molar-refractivity contribution >= 4 is 17.5 Å². The van der Waals surface area contributed by atoms with E-state index in [2.05, 4.69) is 10.2 Å². The SMILES string of the molecule is Cc1cc(OCc2n[nH]c(=O)n2C)c(-c2cc(C(=O)N(C)C3CCCC3)ccc2F)cc1Cl. The van der Waals surface area contributed by atoms with Crippen LogP contribution in [-0.2, 0) is 13.7 Å². The van der Waals surface area contributed by atoms with Gasteiger partial charge in [0.15, 0.2) is 5.82 Å². The summed E-state index contributed by atoms with van der Waals surface area (Å²) in [4.78, 5) is 26.5. The number of benzene rings is 2. The molecule has 0 spiro atoms. The van der Waals surface area contributed by atoms with E-state index in [1.165, 1.54) is 16.7 Å². The number of nitrogens with zero attached hydrogens (tertiary/aromatic N) is 3. The van der Waals surface area contributed by atoms with Crippen LogP contribution in [0, 0.1) is 12.7 Å². The van der Waals surface area contributed by atoms with Gasteiger partial charge in [0.1, 0.15) is 18.2 Å². The maximum absolute atomic E-state index is 15.0. The molecular formula is C24H26ClFN4O3. The molecule has 1 heterocycles. The molecule has 4 rings (SSSR count). The Morgan fingerprint density at radius 2 is 2.00 bits per heavy atom. The van der Waals surface area contributed by atoms with E-state index in [0.717, 1.165) is 31.2 Å². The fourth-order valence-corrected chi connectivity index (χ4v) is 4.33. The monoisotopic (exact) mass is 472 g/mol. The van der Waals surface area contributed by atoms with Crippen molar-refractivity contribution < 1.29 is 13.9 Å². The molecule has 1 fully saturated rings. The topological polar surface area (TPSA) is 80.2 Å². The standard InChI is InChI=1S/C24H26ClFN4O3/c1-14-10-21(33-13-22-27-28-24(32)30(22)3)18(12-19(14)25)17-11-15(8-9-20(17)26)23(31)29(2)16-6-4-5-7-16/h8-12,16H,4-7,13H2,1-3H3,(H,28,32). The average molecular weight is 473 g/mol. The van der Waals surface area contributed by atoms with Crippen LogP contribution < -0.4 is 10.4 Å². The van der Waals surface area contributed by atoms with E-state index in [-0.39, 0.29) is 29.8 Å². The van der Waals surface area contributed by atoms with Crippen LogP contribution in [-0.4, -0.2) is 38.7 Å². The molecule has 33 heavy (non-hydrogen) atoms. The molecule has 1 saturated carbocycles. The Morgan fingerprint density at radius 1 is 1.27 bits per heavy atom. The van der Waals surface area contributed by atoms with Gasteiger partial charge >= 0.3 is 5.69 Å². The first-order chi connectivity index (χ1) is 15.8. The number of hydrogen-bond donors (Lipinski definition) is 1. The van der Waals surface area contributed by atoms with E-state index in [9.17, 15) is 14.0 Å². The Bertz CT molecular complexity index is 1250. The quantitative estimate of drug-likeness (QED) is 0.574. The van der Waals surface area contributed by atoms with Crippen LogP contribution in [0.2, 0.25) is 5.02 Å². The summed E-state index contributed by atoms with van der Waals surface area (Å²) in [6, 6.07) is 7.88. The van der Waals surface area contributed by atoms with Crippen LogP contribution in [0.15, 0.2) is 35.1 Å². The number of amides is 1. The first-order valence-electron chi connectivity index (χ1n) is 10.9. The van der Waals surface area contributed by atoms with Gasteiger partial charge in [-0.25, -0.2) is 14.3 Å². The van der Waals surface area contributed by atoms with Gasteiger partial charge in [-0.05, 0) is 55.7 Å². The molecule has 174 valence electrons. The lowest BCUT2D eigenvalue weighted by molar-refractivity contribution is 0.0735. The number of hydrogen-bond acceptors (Lipinski definition) is 4. The molecule has 0 bridgehead atoms. The van der Waals surface area contributed by atoms with E-state index < -0.39 is 5.82 Å². The fourth-order valence-electron chi connectivity index (χ4n) is 4.16. The maximum Gasteiger partial charge on any atom is 0.343 e. The summed E-state index contributed by atoms with van der Waals surface area (Å²) in [5, 5.41) is 6.74. The summed E-state index contributed by atoms with van der Waals surface area (Å²) in [6.07, 6.45) is 4.19. The Labute approximate surface area is 196 Å². The van der Waals surface area contributed by atoms with Crippen molar-refractivity contribution in [2.24, 2.45) is 7.05 Å². The van der Waals surface area contributed by atoms with Gasteiger partial charge in [-0.15, -0.1) is 0 Å². The second kappa shape index (κ2) is 9.39. The molecule has 2 aromatic carbocycles. The summed E-state index contributed by atoms with van der Waals surface area (Å²) in [5.74, 6) is 0.128. The van der Waals surface area contributed by atoms with Gasteiger partial charge in [-0.1, -0.05) is 24.4 Å². The van der Waals surface area contributed by atoms with Gasteiger partial charge in [-0.3, -0.25) is 9.36 Å². The highest BCUT2D eigenvalue weighted by molar-refractivity contribution is 6.31. The van der Waals surface area contributed by atoms with Gasteiger partial charge in [-0.2, -0.15) is 5.10 Å². The maximum atomic E-state index is 15.0. The molecule has 0 aliphatic heterocycles. The number of carbonyl (C=O) groups is 1. The third-order valence-electron chi connectivity index (χ3n) is 6.29. The highest BCUT2D eigenvalue weighted by Gasteiger charge is 2.25. The first-order valence-corrected chi connectivity index (χ1v) is 11.2. The zero-order valence-electron chi connectivity index (χ0n) is 18.8. The number of aryl methyl sites for hydroxylation is 1. The summed E-state index contributed by atoms with van der Waals surface area (Å²) < 4.78 is 22.2. The largest absolute Gasteiger partial charge is 0.485 e. The van der Waals surface area contributed by atoms with Crippen molar-refractivity contribution in [3.05, 3.63) is 68.6 Å². The van der Waals surface area contributed by atoms with Crippen molar-refractivity contribution in [1.82, 2.24) is 19.7 Å². The van der Waals surface area contributed by atoms with Crippen LogP contribution in [0.25, 0.3) is 11.1 Å². The highest BCUT2D eigenvalue weighted by Crippen LogP contribution is 2.37. The van der Waals surface area contributed by atoms with Gasteiger partial charge in [0.05, 0.1) is 0 Å². The smallest absolute Gasteiger partial charge is 0.343 e. The van der Waals surface area contributed by atoms with Crippen molar-refractivity contribution in [3.63, 3.8) is 0 Å². The molecule has 0 saturated heterocycles. The highest BCUT2D eigenvalue weighted by atomic mass is 35.5. The van der Waals surface area contributed by atoms with Crippen molar-refractivity contribution in [2.75, 3.05) is 7.05 Å². The van der Waals surface area contributed by atoms with Gasteiger partial charge < -0.3 is 9.64 Å².